The Morgan fingerprint density at radius 3 is 2.48 bits per heavy atom. The van der Waals surface area contributed by atoms with Gasteiger partial charge in [-0.15, -0.1) is 0 Å². The standard InChI is InChI=1S/C22H25FN2O2/c1-3-16(4-2)21(26)24-14-15-5-10-20-18(13-15)11-12-25(20)22(27)17-6-8-19(23)9-7-17/h5-10,13,16H,3-4,11-12,14H2,1-2H3,(H,24,26). The van der Waals surface area contributed by atoms with Gasteiger partial charge in [0.25, 0.3) is 5.91 Å². The summed E-state index contributed by atoms with van der Waals surface area (Å²) >= 11 is 0. The summed E-state index contributed by atoms with van der Waals surface area (Å²) in [6.45, 7) is 5.15. The lowest BCUT2D eigenvalue weighted by Crippen LogP contribution is -2.29. The van der Waals surface area contributed by atoms with Gasteiger partial charge in [0.15, 0.2) is 0 Å². The quantitative estimate of drug-likeness (QED) is 0.835. The third-order valence-corrected chi connectivity index (χ3v) is 5.20. The third kappa shape index (κ3) is 4.18. The van der Waals surface area contributed by atoms with Crippen molar-refractivity contribution < 1.29 is 14.0 Å². The van der Waals surface area contributed by atoms with Crippen molar-refractivity contribution in [2.24, 2.45) is 5.92 Å². The first kappa shape index (κ1) is 19.1. The van der Waals surface area contributed by atoms with E-state index in [1.54, 1.807) is 4.90 Å². The molecule has 1 heterocycles. The summed E-state index contributed by atoms with van der Waals surface area (Å²) in [5.74, 6) is -0.325. The zero-order chi connectivity index (χ0) is 19.4. The highest BCUT2D eigenvalue weighted by Crippen LogP contribution is 2.30. The van der Waals surface area contributed by atoms with Gasteiger partial charge < -0.3 is 10.2 Å². The van der Waals surface area contributed by atoms with E-state index in [9.17, 15) is 14.0 Å². The predicted molar refractivity (Wildman–Crippen MR) is 104 cm³/mol. The number of anilines is 1. The summed E-state index contributed by atoms with van der Waals surface area (Å²) in [7, 11) is 0. The molecule has 0 fully saturated rings. The van der Waals surface area contributed by atoms with Crippen molar-refractivity contribution in [2.45, 2.75) is 39.7 Å². The summed E-state index contributed by atoms with van der Waals surface area (Å²) in [4.78, 5) is 26.6. The first-order valence-corrected chi connectivity index (χ1v) is 9.50. The molecule has 0 spiro atoms. The molecule has 0 aliphatic carbocycles. The van der Waals surface area contributed by atoms with E-state index >= 15 is 0 Å². The van der Waals surface area contributed by atoms with Crippen LogP contribution in [0, 0.1) is 11.7 Å². The van der Waals surface area contributed by atoms with Crippen LogP contribution in [0.2, 0.25) is 0 Å². The number of fused-ring (bicyclic) bond motifs is 1. The fourth-order valence-corrected chi connectivity index (χ4v) is 3.52. The molecular formula is C22H25FN2O2. The molecule has 3 rings (SSSR count). The van der Waals surface area contributed by atoms with Crippen LogP contribution in [0.25, 0.3) is 0 Å². The Labute approximate surface area is 159 Å². The minimum absolute atomic E-state index is 0.0586. The number of nitrogens with zero attached hydrogens (tertiary/aromatic N) is 1. The second kappa shape index (κ2) is 8.33. The molecule has 142 valence electrons. The van der Waals surface area contributed by atoms with Gasteiger partial charge in [0.1, 0.15) is 5.82 Å². The number of nitrogens with one attached hydrogen (secondary N) is 1. The van der Waals surface area contributed by atoms with Crippen LogP contribution in [0.1, 0.15) is 48.2 Å². The van der Waals surface area contributed by atoms with Crippen molar-refractivity contribution in [3.05, 3.63) is 65.0 Å². The molecule has 5 heteroatoms. The Kier molecular flexibility index (Phi) is 5.89. The van der Waals surface area contributed by atoms with Gasteiger partial charge in [-0.25, -0.2) is 4.39 Å². The normalized spacial score (nSPS) is 13.0. The molecule has 1 aliphatic heterocycles. The van der Waals surface area contributed by atoms with Gasteiger partial charge in [0.05, 0.1) is 0 Å². The lowest BCUT2D eigenvalue weighted by Gasteiger charge is -2.18. The SMILES string of the molecule is CCC(CC)C(=O)NCc1ccc2c(c1)CCN2C(=O)c1ccc(F)cc1. The molecular weight excluding hydrogens is 343 g/mol. The highest BCUT2D eigenvalue weighted by Gasteiger charge is 2.25. The van der Waals surface area contributed by atoms with Gasteiger partial charge in [-0.2, -0.15) is 0 Å². The first-order chi connectivity index (χ1) is 13.0. The maximum Gasteiger partial charge on any atom is 0.258 e. The zero-order valence-electron chi connectivity index (χ0n) is 15.8. The first-order valence-electron chi connectivity index (χ1n) is 9.50. The van der Waals surface area contributed by atoms with E-state index in [0.29, 0.717) is 18.7 Å². The molecule has 1 aliphatic rings. The molecule has 0 aromatic heterocycles. The van der Waals surface area contributed by atoms with E-state index in [2.05, 4.69) is 11.4 Å². The summed E-state index contributed by atoms with van der Waals surface area (Å²) < 4.78 is 13.1. The second-order valence-electron chi connectivity index (χ2n) is 6.91. The molecule has 4 nitrogen and oxygen atoms in total. The van der Waals surface area contributed by atoms with Crippen LogP contribution in [-0.2, 0) is 17.8 Å². The van der Waals surface area contributed by atoms with Crippen molar-refractivity contribution in [3.63, 3.8) is 0 Å². The number of rotatable bonds is 6. The average Bonchev–Trinajstić information content (AvgIpc) is 3.10. The Morgan fingerprint density at radius 2 is 1.81 bits per heavy atom. The Bertz CT molecular complexity index is 829. The van der Waals surface area contributed by atoms with E-state index in [1.807, 2.05) is 26.0 Å². The van der Waals surface area contributed by atoms with Crippen LogP contribution in [0.4, 0.5) is 10.1 Å². The third-order valence-electron chi connectivity index (χ3n) is 5.20. The Balaban J connectivity index is 1.69. The maximum absolute atomic E-state index is 13.1. The predicted octanol–water partition coefficient (Wildman–Crippen LogP) is 4.08. The number of carbonyl (C=O) groups is 2. The molecule has 2 amide bonds. The van der Waals surface area contributed by atoms with Gasteiger partial charge in [-0.05, 0) is 60.7 Å². The number of halogens is 1. The smallest absolute Gasteiger partial charge is 0.258 e. The van der Waals surface area contributed by atoms with Crippen molar-refractivity contribution in [1.29, 1.82) is 0 Å². The van der Waals surface area contributed by atoms with Crippen LogP contribution < -0.4 is 10.2 Å². The van der Waals surface area contributed by atoms with Crippen LogP contribution >= 0.6 is 0 Å². The molecule has 0 saturated carbocycles. The number of hydrogen-bond donors (Lipinski definition) is 1. The molecule has 0 atom stereocenters. The van der Waals surface area contributed by atoms with E-state index in [4.69, 9.17) is 0 Å². The minimum atomic E-state index is -0.353. The lowest BCUT2D eigenvalue weighted by atomic mass is 10.0. The van der Waals surface area contributed by atoms with Crippen molar-refractivity contribution in [2.75, 3.05) is 11.4 Å². The minimum Gasteiger partial charge on any atom is -0.352 e. The molecule has 0 bridgehead atoms. The molecule has 27 heavy (non-hydrogen) atoms. The number of amides is 2. The summed E-state index contributed by atoms with van der Waals surface area (Å²) in [5.41, 5.74) is 3.49. The van der Waals surface area contributed by atoms with Gasteiger partial charge in [0, 0.05) is 30.3 Å². The number of benzene rings is 2. The molecule has 0 unspecified atom stereocenters. The maximum atomic E-state index is 13.1. The van der Waals surface area contributed by atoms with Gasteiger partial charge in [-0.3, -0.25) is 9.59 Å². The lowest BCUT2D eigenvalue weighted by molar-refractivity contribution is -0.125. The Hall–Kier alpha value is -2.69. The summed E-state index contributed by atoms with van der Waals surface area (Å²) in [5, 5.41) is 3.00. The van der Waals surface area contributed by atoms with E-state index in [-0.39, 0.29) is 23.5 Å². The monoisotopic (exact) mass is 368 g/mol. The fraction of sp³-hybridized carbons (Fsp3) is 0.364. The topological polar surface area (TPSA) is 49.4 Å². The van der Waals surface area contributed by atoms with Crippen LogP contribution in [0.3, 0.4) is 0 Å². The van der Waals surface area contributed by atoms with Crippen LogP contribution in [-0.4, -0.2) is 18.4 Å². The largest absolute Gasteiger partial charge is 0.352 e. The van der Waals surface area contributed by atoms with Crippen molar-refractivity contribution in [3.8, 4) is 0 Å². The van der Waals surface area contributed by atoms with Crippen LogP contribution in [0.5, 0.6) is 0 Å². The number of hydrogen-bond acceptors (Lipinski definition) is 2. The van der Waals surface area contributed by atoms with Gasteiger partial charge in [-0.1, -0.05) is 26.0 Å². The summed E-state index contributed by atoms with van der Waals surface area (Å²) in [6, 6.07) is 11.6. The fourth-order valence-electron chi connectivity index (χ4n) is 3.52. The molecule has 0 radical (unpaired) electrons. The van der Waals surface area contributed by atoms with Gasteiger partial charge in [0.2, 0.25) is 5.91 Å². The molecule has 0 saturated heterocycles. The zero-order valence-corrected chi connectivity index (χ0v) is 15.8. The van der Waals surface area contributed by atoms with E-state index in [1.165, 1.54) is 24.3 Å². The van der Waals surface area contributed by atoms with Crippen LogP contribution in [0.15, 0.2) is 42.5 Å². The van der Waals surface area contributed by atoms with Gasteiger partial charge >= 0.3 is 0 Å². The molecule has 2 aromatic carbocycles. The van der Waals surface area contributed by atoms with E-state index < -0.39 is 0 Å². The number of carbonyl (C=O) groups excluding carboxylic acids is 2. The van der Waals surface area contributed by atoms with E-state index in [0.717, 1.165) is 36.1 Å². The summed E-state index contributed by atoms with van der Waals surface area (Å²) in [6.07, 6.45) is 2.45. The average molecular weight is 368 g/mol. The van der Waals surface area contributed by atoms with Crippen molar-refractivity contribution in [1.82, 2.24) is 5.32 Å². The highest BCUT2D eigenvalue weighted by molar-refractivity contribution is 6.07. The van der Waals surface area contributed by atoms with Crippen molar-refractivity contribution >= 4 is 17.5 Å². The second-order valence-corrected chi connectivity index (χ2v) is 6.91. The molecule has 1 N–H and O–H groups in total. The molecule has 2 aromatic rings. The Morgan fingerprint density at radius 1 is 1.11 bits per heavy atom. The highest BCUT2D eigenvalue weighted by atomic mass is 19.1.